The van der Waals surface area contributed by atoms with Gasteiger partial charge in [0.1, 0.15) is 0 Å². The van der Waals surface area contributed by atoms with E-state index in [1.807, 2.05) is 0 Å². The van der Waals surface area contributed by atoms with Crippen LogP contribution in [0.25, 0.3) is 0 Å². The van der Waals surface area contributed by atoms with E-state index in [1.54, 1.807) is 0 Å². The molecular formula is C17H31N3O. The van der Waals surface area contributed by atoms with Crippen LogP contribution in [-0.4, -0.2) is 16.3 Å². The predicted octanol–water partition coefficient (Wildman–Crippen LogP) is 3.80. The molecule has 0 saturated carbocycles. The van der Waals surface area contributed by atoms with Crippen LogP contribution in [0, 0.1) is 0 Å². The van der Waals surface area contributed by atoms with E-state index in [-0.39, 0.29) is 6.10 Å². The summed E-state index contributed by atoms with van der Waals surface area (Å²) in [6.45, 7) is 9.02. The minimum absolute atomic E-state index is 0.165. The Bertz CT molecular complexity index is 421. The van der Waals surface area contributed by atoms with E-state index in [0.717, 1.165) is 30.5 Å². The fourth-order valence-electron chi connectivity index (χ4n) is 2.64. The molecule has 0 aliphatic rings. The van der Waals surface area contributed by atoms with Crippen LogP contribution in [0.2, 0.25) is 0 Å². The van der Waals surface area contributed by atoms with Gasteiger partial charge in [0.2, 0.25) is 5.88 Å². The average molecular weight is 293 g/mol. The lowest BCUT2D eigenvalue weighted by molar-refractivity contribution is 0.193. The summed E-state index contributed by atoms with van der Waals surface area (Å²) < 4.78 is 6.00. The second-order valence-corrected chi connectivity index (χ2v) is 5.60. The van der Waals surface area contributed by atoms with E-state index in [0.29, 0.717) is 12.4 Å². The molecule has 0 aliphatic heterocycles. The highest BCUT2D eigenvalue weighted by Gasteiger charge is 2.16. The third kappa shape index (κ3) is 5.27. The number of unbranched alkanes of at least 4 members (excludes halogenated alkanes) is 3. The van der Waals surface area contributed by atoms with E-state index in [4.69, 9.17) is 10.5 Å². The Hall–Kier alpha value is -1.16. The normalized spacial score (nSPS) is 12.4. The SMILES string of the molecule is CCCCCCC(C)Oc1nnc(CC)c(CC)c1CN. The van der Waals surface area contributed by atoms with E-state index >= 15 is 0 Å². The Labute approximate surface area is 129 Å². The molecule has 2 N–H and O–H groups in total. The molecule has 0 radical (unpaired) electrons. The van der Waals surface area contributed by atoms with Crippen molar-refractivity contribution in [2.24, 2.45) is 5.73 Å². The number of rotatable bonds is 10. The fraction of sp³-hybridized carbons (Fsp3) is 0.765. The van der Waals surface area contributed by atoms with E-state index in [9.17, 15) is 0 Å². The van der Waals surface area contributed by atoms with Crippen LogP contribution in [0.4, 0.5) is 0 Å². The molecule has 4 nitrogen and oxygen atoms in total. The van der Waals surface area contributed by atoms with Gasteiger partial charge in [0.25, 0.3) is 0 Å². The predicted molar refractivity (Wildman–Crippen MR) is 87.5 cm³/mol. The second kappa shape index (κ2) is 9.72. The molecule has 21 heavy (non-hydrogen) atoms. The third-order valence-corrected chi connectivity index (χ3v) is 3.90. The van der Waals surface area contributed by atoms with Crippen molar-refractivity contribution in [1.29, 1.82) is 0 Å². The maximum absolute atomic E-state index is 6.00. The highest BCUT2D eigenvalue weighted by atomic mass is 16.5. The summed E-state index contributed by atoms with van der Waals surface area (Å²) >= 11 is 0. The topological polar surface area (TPSA) is 61.0 Å². The molecule has 0 aromatic carbocycles. The van der Waals surface area contributed by atoms with Crippen molar-refractivity contribution in [2.75, 3.05) is 0 Å². The number of hydrogen-bond donors (Lipinski definition) is 1. The van der Waals surface area contributed by atoms with Crippen LogP contribution in [0.5, 0.6) is 5.88 Å². The first-order valence-electron chi connectivity index (χ1n) is 8.41. The van der Waals surface area contributed by atoms with Gasteiger partial charge >= 0.3 is 0 Å². The Morgan fingerprint density at radius 3 is 2.33 bits per heavy atom. The quantitative estimate of drug-likeness (QED) is 0.667. The van der Waals surface area contributed by atoms with Gasteiger partial charge in [-0.05, 0) is 38.2 Å². The van der Waals surface area contributed by atoms with E-state index in [2.05, 4.69) is 37.9 Å². The van der Waals surface area contributed by atoms with Gasteiger partial charge < -0.3 is 10.5 Å². The van der Waals surface area contributed by atoms with Gasteiger partial charge in [0.15, 0.2) is 0 Å². The lowest BCUT2D eigenvalue weighted by atomic mass is 10.0. The summed E-state index contributed by atoms with van der Waals surface area (Å²) in [4.78, 5) is 0. The molecule has 0 fully saturated rings. The van der Waals surface area contributed by atoms with Gasteiger partial charge in [-0.3, -0.25) is 0 Å². The fourth-order valence-corrected chi connectivity index (χ4v) is 2.64. The van der Waals surface area contributed by atoms with Crippen LogP contribution >= 0.6 is 0 Å². The summed E-state index contributed by atoms with van der Waals surface area (Å²) in [5, 5.41) is 8.57. The molecule has 1 aromatic rings. The van der Waals surface area contributed by atoms with Gasteiger partial charge in [0, 0.05) is 12.1 Å². The smallest absolute Gasteiger partial charge is 0.238 e. The Kier molecular flexibility index (Phi) is 8.28. The van der Waals surface area contributed by atoms with Crippen molar-refractivity contribution < 1.29 is 4.74 Å². The third-order valence-electron chi connectivity index (χ3n) is 3.90. The van der Waals surface area contributed by atoms with Crippen molar-refractivity contribution in [2.45, 2.75) is 85.3 Å². The van der Waals surface area contributed by atoms with E-state index < -0.39 is 0 Å². The summed E-state index contributed by atoms with van der Waals surface area (Å²) in [7, 11) is 0. The molecular weight excluding hydrogens is 262 g/mol. The summed E-state index contributed by atoms with van der Waals surface area (Å²) in [5.74, 6) is 0.634. The van der Waals surface area contributed by atoms with Gasteiger partial charge in [-0.25, -0.2) is 0 Å². The molecule has 0 amide bonds. The Balaban J connectivity index is 2.74. The van der Waals surface area contributed by atoms with Gasteiger partial charge in [-0.1, -0.05) is 40.0 Å². The largest absolute Gasteiger partial charge is 0.473 e. The summed E-state index contributed by atoms with van der Waals surface area (Å²) in [5.41, 5.74) is 9.20. The van der Waals surface area contributed by atoms with Crippen molar-refractivity contribution >= 4 is 0 Å². The lowest BCUT2D eigenvalue weighted by Gasteiger charge is -2.18. The number of aryl methyl sites for hydroxylation is 1. The maximum atomic E-state index is 6.00. The molecule has 0 spiro atoms. The summed E-state index contributed by atoms with van der Waals surface area (Å²) in [6.07, 6.45) is 8.06. The van der Waals surface area contributed by atoms with Gasteiger partial charge in [-0.15, -0.1) is 5.10 Å². The number of nitrogens with zero attached hydrogens (tertiary/aromatic N) is 2. The number of nitrogens with two attached hydrogens (primary N) is 1. The van der Waals surface area contributed by atoms with E-state index in [1.165, 1.54) is 31.2 Å². The molecule has 120 valence electrons. The van der Waals surface area contributed by atoms with Crippen LogP contribution in [0.15, 0.2) is 0 Å². The molecule has 1 heterocycles. The molecule has 4 heteroatoms. The summed E-state index contributed by atoms with van der Waals surface area (Å²) in [6, 6.07) is 0. The van der Waals surface area contributed by atoms with Crippen LogP contribution in [0.1, 0.15) is 76.6 Å². The molecule has 1 rings (SSSR count). The Morgan fingerprint density at radius 2 is 1.76 bits per heavy atom. The number of ether oxygens (including phenoxy) is 1. The minimum atomic E-state index is 0.165. The zero-order valence-corrected chi connectivity index (χ0v) is 14.1. The average Bonchev–Trinajstić information content (AvgIpc) is 2.50. The molecule has 0 bridgehead atoms. The molecule has 0 aliphatic carbocycles. The highest BCUT2D eigenvalue weighted by molar-refractivity contribution is 5.37. The first kappa shape index (κ1) is 17.9. The first-order valence-corrected chi connectivity index (χ1v) is 8.41. The minimum Gasteiger partial charge on any atom is -0.473 e. The van der Waals surface area contributed by atoms with Crippen molar-refractivity contribution in [1.82, 2.24) is 10.2 Å². The maximum Gasteiger partial charge on any atom is 0.238 e. The molecule has 0 saturated heterocycles. The molecule has 1 unspecified atom stereocenters. The number of hydrogen-bond acceptors (Lipinski definition) is 4. The highest BCUT2D eigenvalue weighted by Crippen LogP contribution is 2.24. The zero-order valence-electron chi connectivity index (χ0n) is 14.1. The zero-order chi connectivity index (χ0) is 15.7. The number of aromatic nitrogens is 2. The molecule has 1 atom stereocenters. The van der Waals surface area contributed by atoms with Crippen molar-refractivity contribution in [3.63, 3.8) is 0 Å². The monoisotopic (exact) mass is 293 g/mol. The van der Waals surface area contributed by atoms with Crippen LogP contribution in [0.3, 0.4) is 0 Å². The first-order chi connectivity index (χ1) is 10.2. The van der Waals surface area contributed by atoms with Crippen LogP contribution < -0.4 is 10.5 Å². The van der Waals surface area contributed by atoms with Crippen molar-refractivity contribution in [3.8, 4) is 5.88 Å². The van der Waals surface area contributed by atoms with Crippen molar-refractivity contribution in [3.05, 3.63) is 16.8 Å². The second-order valence-electron chi connectivity index (χ2n) is 5.60. The van der Waals surface area contributed by atoms with Gasteiger partial charge in [0.05, 0.1) is 11.8 Å². The van der Waals surface area contributed by atoms with Crippen LogP contribution in [-0.2, 0) is 19.4 Å². The Morgan fingerprint density at radius 1 is 1.00 bits per heavy atom. The molecule has 1 aromatic heterocycles. The lowest BCUT2D eigenvalue weighted by Crippen LogP contribution is -2.17. The standard InChI is InChI=1S/C17H31N3O/c1-5-8-9-10-11-13(4)21-17-15(12-18)14(6-2)16(7-3)19-20-17/h13H,5-12,18H2,1-4H3. The van der Waals surface area contributed by atoms with Gasteiger partial charge in [-0.2, -0.15) is 5.10 Å².